The lowest BCUT2D eigenvalue weighted by Gasteiger charge is -2.15. The number of rotatable bonds is 2. The van der Waals surface area contributed by atoms with Gasteiger partial charge in [-0.15, -0.1) is 0 Å². The van der Waals surface area contributed by atoms with Gasteiger partial charge in [-0.05, 0) is 6.92 Å². The van der Waals surface area contributed by atoms with Crippen LogP contribution < -0.4 is 5.32 Å². The Balaban J connectivity index is 3.92. The molecule has 0 bridgehead atoms. The first kappa shape index (κ1) is 11.7. The summed E-state index contributed by atoms with van der Waals surface area (Å²) in [6, 6.07) is 0. The number of nitrogens with zero attached hydrogens (tertiary/aromatic N) is 1. The van der Waals surface area contributed by atoms with Gasteiger partial charge in [0.15, 0.2) is 0 Å². The van der Waals surface area contributed by atoms with Crippen molar-refractivity contribution in [2.24, 2.45) is 0 Å². The van der Waals surface area contributed by atoms with Gasteiger partial charge in [-0.25, -0.2) is 0 Å². The maximum absolute atomic E-state index is 11.1. The van der Waals surface area contributed by atoms with Gasteiger partial charge in [0.25, 0.3) is 0 Å². The molecular weight excluding hydrogens is 192 g/mol. The van der Waals surface area contributed by atoms with Crippen molar-refractivity contribution in [2.75, 3.05) is 21.1 Å². The van der Waals surface area contributed by atoms with Crippen molar-refractivity contribution in [3.8, 4) is 0 Å². The van der Waals surface area contributed by atoms with Crippen molar-refractivity contribution in [1.29, 1.82) is 0 Å². The van der Waals surface area contributed by atoms with E-state index in [9.17, 15) is 4.79 Å². The number of hydrogen-bond donors (Lipinski definition) is 1. The summed E-state index contributed by atoms with van der Waals surface area (Å²) in [6.07, 6.45) is 0. The molecule has 0 saturated heterocycles. The van der Waals surface area contributed by atoms with E-state index in [0.717, 1.165) is 4.32 Å². The molecule has 5 heteroatoms. The highest BCUT2D eigenvalue weighted by molar-refractivity contribution is 8.23. The van der Waals surface area contributed by atoms with Crippen LogP contribution in [-0.2, 0) is 4.79 Å². The molecule has 1 N–H and O–H groups in total. The van der Waals surface area contributed by atoms with Gasteiger partial charge in [-0.2, -0.15) is 0 Å². The summed E-state index contributed by atoms with van der Waals surface area (Å²) in [6.45, 7) is 1.83. The third-order valence-electron chi connectivity index (χ3n) is 1.26. The first-order valence-electron chi connectivity index (χ1n) is 3.58. The molecule has 0 aliphatic carbocycles. The van der Waals surface area contributed by atoms with Crippen LogP contribution >= 0.6 is 24.0 Å². The molecule has 0 saturated carbocycles. The van der Waals surface area contributed by atoms with Crippen LogP contribution in [0.5, 0.6) is 0 Å². The largest absolute Gasteiger partial charge is 0.364 e. The Morgan fingerprint density at radius 3 is 2.42 bits per heavy atom. The monoisotopic (exact) mass is 206 g/mol. The number of thiocarbonyl (C=S) groups is 1. The van der Waals surface area contributed by atoms with Gasteiger partial charge in [0, 0.05) is 21.1 Å². The predicted molar refractivity (Wildman–Crippen MR) is 57.4 cm³/mol. The van der Waals surface area contributed by atoms with Crippen molar-refractivity contribution in [2.45, 2.75) is 12.2 Å². The summed E-state index contributed by atoms with van der Waals surface area (Å²) in [5.41, 5.74) is 0. The molecule has 1 amide bonds. The molecule has 0 aliphatic rings. The minimum atomic E-state index is -0.120. The lowest BCUT2D eigenvalue weighted by molar-refractivity contribution is -0.119. The summed E-state index contributed by atoms with van der Waals surface area (Å²) in [7, 11) is 5.36. The SMILES string of the molecule is CNC(=O)C(C)SC(=S)N(C)C. The zero-order chi connectivity index (χ0) is 9.72. The maximum Gasteiger partial charge on any atom is 0.233 e. The van der Waals surface area contributed by atoms with E-state index in [0.29, 0.717) is 0 Å². The van der Waals surface area contributed by atoms with Crippen LogP contribution in [-0.4, -0.2) is 41.5 Å². The fourth-order valence-electron chi connectivity index (χ4n) is 0.513. The van der Waals surface area contributed by atoms with Crippen molar-refractivity contribution in [3.63, 3.8) is 0 Å². The van der Waals surface area contributed by atoms with E-state index in [1.54, 1.807) is 7.05 Å². The molecule has 3 nitrogen and oxygen atoms in total. The number of nitrogens with one attached hydrogen (secondary N) is 1. The third-order valence-corrected chi connectivity index (χ3v) is 3.05. The van der Waals surface area contributed by atoms with Gasteiger partial charge in [0.05, 0.1) is 5.25 Å². The molecule has 0 fully saturated rings. The molecule has 1 atom stereocenters. The van der Waals surface area contributed by atoms with Gasteiger partial charge in [-0.1, -0.05) is 24.0 Å². The quantitative estimate of drug-likeness (QED) is 0.674. The van der Waals surface area contributed by atoms with Crippen LogP contribution in [0.3, 0.4) is 0 Å². The van der Waals surface area contributed by atoms with Gasteiger partial charge < -0.3 is 10.2 Å². The third kappa shape index (κ3) is 3.92. The molecular formula is C7H14N2OS2. The lowest BCUT2D eigenvalue weighted by atomic mass is 10.4. The van der Waals surface area contributed by atoms with Crippen LogP contribution in [0.4, 0.5) is 0 Å². The van der Waals surface area contributed by atoms with E-state index in [2.05, 4.69) is 5.32 Å². The van der Waals surface area contributed by atoms with Crippen molar-refractivity contribution >= 4 is 34.2 Å². The zero-order valence-electron chi connectivity index (χ0n) is 7.75. The Morgan fingerprint density at radius 2 is 2.08 bits per heavy atom. The second-order valence-corrected chi connectivity index (χ2v) is 4.51. The Hall–Kier alpha value is -0.290. The highest BCUT2D eigenvalue weighted by atomic mass is 32.2. The highest BCUT2D eigenvalue weighted by Crippen LogP contribution is 2.14. The average molecular weight is 206 g/mol. The molecule has 0 aliphatic heterocycles. The van der Waals surface area contributed by atoms with E-state index in [-0.39, 0.29) is 11.2 Å². The average Bonchev–Trinajstić information content (AvgIpc) is 2.02. The van der Waals surface area contributed by atoms with Gasteiger partial charge in [-0.3, -0.25) is 4.79 Å². The summed E-state index contributed by atoms with van der Waals surface area (Å²) in [5, 5.41) is 2.45. The summed E-state index contributed by atoms with van der Waals surface area (Å²) < 4.78 is 0.728. The summed E-state index contributed by atoms with van der Waals surface area (Å²) in [4.78, 5) is 12.9. The van der Waals surface area contributed by atoms with Crippen LogP contribution in [0, 0.1) is 0 Å². The highest BCUT2D eigenvalue weighted by Gasteiger charge is 2.14. The number of carbonyl (C=O) groups is 1. The first-order chi connectivity index (χ1) is 5.49. The van der Waals surface area contributed by atoms with Gasteiger partial charge >= 0.3 is 0 Å². The van der Waals surface area contributed by atoms with Gasteiger partial charge in [0.1, 0.15) is 4.32 Å². The van der Waals surface area contributed by atoms with Crippen LogP contribution in [0.15, 0.2) is 0 Å². The second-order valence-electron chi connectivity index (χ2n) is 2.53. The van der Waals surface area contributed by atoms with Crippen molar-refractivity contribution in [1.82, 2.24) is 10.2 Å². The summed E-state index contributed by atoms with van der Waals surface area (Å²) in [5.74, 6) is 0.00389. The fraction of sp³-hybridized carbons (Fsp3) is 0.714. The normalized spacial score (nSPS) is 12.0. The van der Waals surface area contributed by atoms with E-state index >= 15 is 0 Å². The van der Waals surface area contributed by atoms with E-state index in [1.807, 2.05) is 25.9 Å². The standard InChI is InChI=1S/C7H14N2OS2/c1-5(6(10)8-2)12-7(11)9(3)4/h5H,1-4H3,(H,8,10). The van der Waals surface area contributed by atoms with E-state index in [1.165, 1.54) is 11.8 Å². The number of hydrogen-bond acceptors (Lipinski definition) is 3. The first-order valence-corrected chi connectivity index (χ1v) is 4.87. The number of thioether (sulfide) groups is 1. The second kappa shape index (κ2) is 5.37. The zero-order valence-corrected chi connectivity index (χ0v) is 9.38. The van der Waals surface area contributed by atoms with Crippen LogP contribution in [0.1, 0.15) is 6.92 Å². The minimum absolute atomic E-state index is 0.00389. The molecule has 0 aromatic heterocycles. The number of carbonyl (C=O) groups excluding carboxylic acids is 1. The molecule has 0 spiro atoms. The summed E-state index contributed by atoms with van der Waals surface area (Å²) >= 11 is 6.42. The lowest BCUT2D eigenvalue weighted by Crippen LogP contribution is -2.30. The topological polar surface area (TPSA) is 32.3 Å². The smallest absolute Gasteiger partial charge is 0.233 e. The molecule has 0 heterocycles. The Labute approximate surface area is 82.9 Å². The number of amides is 1. The molecule has 0 radical (unpaired) electrons. The van der Waals surface area contributed by atoms with Crippen LogP contribution in [0.2, 0.25) is 0 Å². The molecule has 0 aromatic carbocycles. The van der Waals surface area contributed by atoms with Crippen molar-refractivity contribution in [3.05, 3.63) is 0 Å². The minimum Gasteiger partial charge on any atom is -0.364 e. The van der Waals surface area contributed by atoms with Gasteiger partial charge in [0.2, 0.25) is 5.91 Å². The maximum atomic E-state index is 11.1. The Bertz CT molecular complexity index is 182. The van der Waals surface area contributed by atoms with Crippen molar-refractivity contribution < 1.29 is 4.79 Å². The Kier molecular flexibility index (Phi) is 5.24. The predicted octanol–water partition coefficient (Wildman–Crippen LogP) is 0.701. The molecule has 0 aromatic rings. The molecule has 1 unspecified atom stereocenters. The Morgan fingerprint density at radius 1 is 1.58 bits per heavy atom. The molecule has 0 rings (SSSR count). The van der Waals surface area contributed by atoms with Crippen LogP contribution in [0.25, 0.3) is 0 Å². The molecule has 12 heavy (non-hydrogen) atoms. The van der Waals surface area contributed by atoms with E-state index in [4.69, 9.17) is 12.2 Å². The molecule has 70 valence electrons. The van der Waals surface area contributed by atoms with E-state index < -0.39 is 0 Å². The fourth-order valence-corrected chi connectivity index (χ4v) is 1.68.